The van der Waals surface area contributed by atoms with Crippen molar-refractivity contribution in [1.29, 1.82) is 10.8 Å². The summed E-state index contributed by atoms with van der Waals surface area (Å²) in [5.74, 6) is -0.00833. The van der Waals surface area contributed by atoms with Crippen molar-refractivity contribution in [2.24, 2.45) is 21.7 Å². The second-order valence-corrected chi connectivity index (χ2v) is 5.08. The SMILES string of the molecule is CCCC(C)(N=NC(C)(CCC)C(=N)N)C(=N)N.Cl.Cl. The zero-order valence-electron chi connectivity index (χ0n) is 12.7. The molecule has 0 bridgehead atoms. The van der Waals surface area contributed by atoms with Crippen molar-refractivity contribution in [1.82, 2.24) is 0 Å². The summed E-state index contributed by atoms with van der Waals surface area (Å²) >= 11 is 0. The van der Waals surface area contributed by atoms with E-state index >= 15 is 0 Å². The number of hydrogen-bond donors (Lipinski definition) is 4. The number of azo groups is 1. The lowest BCUT2D eigenvalue weighted by atomic mass is 9.95. The molecule has 0 aromatic rings. The van der Waals surface area contributed by atoms with Crippen LogP contribution in [0, 0.1) is 10.8 Å². The summed E-state index contributed by atoms with van der Waals surface area (Å²) in [6, 6.07) is 0. The van der Waals surface area contributed by atoms with Crippen molar-refractivity contribution in [3.05, 3.63) is 0 Å². The quantitative estimate of drug-likeness (QED) is 0.310. The van der Waals surface area contributed by atoms with E-state index in [1.807, 2.05) is 13.8 Å². The van der Waals surface area contributed by atoms with Crippen LogP contribution in [0.1, 0.15) is 53.4 Å². The van der Waals surface area contributed by atoms with E-state index in [1.54, 1.807) is 13.8 Å². The topological polar surface area (TPSA) is 124 Å². The predicted molar refractivity (Wildman–Crippen MR) is 89.8 cm³/mol. The first kappa shape index (κ1) is 24.2. The van der Waals surface area contributed by atoms with Gasteiger partial charge in [-0.1, -0.05) is 26.7 Å². The first-order chi connectivity index (χ1) is 8.22. The third-order valence-electron chi connectivity index (χ3n) is 3.13. The van der Waals surface area contributed by atoms with Crippen molar-refractivity contribution >= 4 is 36.5 Å². The van der Waals surface area contributed by atoms with E-state index < -0.39 is 11.1 Å². The van der Waals surface area contributed by atoms with Crippen molar-refractivity contribution in [3.63, 3.8) is 0 Å². The molecule has 2 unspecified atom stereocenters. The Balaban J connectivity index is -0.00000144. The van der Waals surface area contributed by atoms with Gasteiger partial charge in [0.15, 0.2) is 0 Å². The van der Waals surface area contributed by atoms with Gasteiger partial charge in [0.2, 0.25) is 0 Å². The van der Waals surface area contributed by atoms with Crippen molar-refractivity contribution in [2.75, 3.05) is 0 Å². The zero-order valence-corrected chi connectivity index (χ0v) is 14.3. The van der Waals surface area contributed by atoms with Gasteiger partial charge in [0, 0.05) is 0 Å². The van der Waals surface area contributed by atoms with Crippen LogP contribution in [0.25, 0.3) is 0 Å². The van der Waals surface area contributed by atoms with Gasteiger partial charge in [0.05, 0.1) is 0 Å². The molecule has 2 atom stereocenters. The Kier molecular flexibility index (Phi) is 12.0. The molecular weight excluding hydrogens is 299 g/mol. The van der Waals surface area contributed by atoms with Crippen LogP contribution in [-0.4, -0.2) is 22.7 Å². The minimum absolute atomic E-state index is 0. The fourth-order valence-corrected chi connectivity index (χ4v) is 1.67. The summed E-state index contributed by atoms with van der Waals surface area (Å²) in [5, 5.41) is 23.6. The highest BCUT2D eigenvalue weighted by Gasteiger charge is 2.31. The molecule has 0 aliphatic heterocycles. The minimum atomic E-state index is -0.792. The maximum atomic E-state index is 7.61. The molecule has 6 nitrogen and oxygen atoms in total. The molecule has 0 saturated carbocycles. The average molecular weight is 327 g/mol. The molecule has 120 valence electrons. The minimum Gasteiger partial charge on any atom is -0.386 e. The lowest BCUT2D eigenvalue weighted by molar-refractivity contribution is 0.460. The van der Waals surface area contributed by atoms with Gasteiger partial charge in [-0.25, -0.2) is 0 Å². The molecule has 0 aliphatic carbocycles. The first-order valence-electron chi connectivity index (χ1n) is 6.35. The van der Waals surface area contributed by atoms with Crippen LogP contribution < -0.4 is 11.5 Å². The summed E-state index contributed by atoms with van der Waals surface area (Å²) in [6.45, 7) is 7.59. The van der Waals surface area contributed by atoms with E-state index in [4.69, 9.17) is 22.3 Å². The summed E-state index contributed by atoms with van der Waals surface area (Å²) < 4.78 is 0. The second kappa shape index (κ2) is 9.94. The van der Waals surface area contributed by atoms with Crippen LogP contribution in [-0.2, 0) is 0 Å². The summed E-state index contributed by atoms with van der Waals surface area (Å²) in [6.07, 6.45) is 3.04. The number of rotatable bonds is 8. The highest BCUT2D eigenvalue weighted by Crippen LogP contribution is 2.23. The van der Waals surface area contributed by atoms with Gasteiger partial charge < -0.3 is 11.5 Å². The molecule has 0 heterocycles. The predicted octanol–water partition coefficient (Wildman–Crippen LogP) is 3.27. The Morgan fingerprint density at radius 3 is 1.25 bits per heavy atom. The van der Waals surface area contributed by atoms with E-state index in [9.17, 15) is 0 Å². The number of amidine groups is 2. The van der Waals surface area contributed by atoms with E-state index in [0.29, 0.717) is 12.8 Å². The fourth-order valence-electron chi connectivity index (χ4n) is 1.67. The molecule has 6 N–H and O–H groups in total. The monoisotopic (exact) mass is 326 g/mol. The molecule has 0 rings (SSSR count). The molecule has 0 fully saturated rings. The standard InChI is InChI=1S/C12H26N6.2ClH/c1-5-7-11(3,9(13)14)17-18-12(4,8-6-2)10(15)16;;/h5-8H2,1-4H3,(H3,13,14)(H3,15,16);2*1H. The van der Waals surface area contributed by atoms with Crippen LogP contribution in [0.15, 0.2) is 10.2 Å². The number of hydrogen-bond acceptors (Lipinski definition) is 4. The van der Waals surface area contributed by atoms with Crippen LogP contribution in [0.2, 0.25) is 0 Å². The normalized spacial score (nSPS) is 16.4. The molecule has 0 aliphatic rings. The van der Waals surface area contributed by atoms with Gasteiger partial charge >= 0.3 is 0 Å². The molecule has 0 aromatic carbocycles. The van der Waals surface area contributed by atoms with Gasteiger partial charge in [-0.15, -0.1) is 24.8 Å². The highest BCUT2D eigenvalue weighted by atomic mass is 35.5. The van der Waals surface area contributed by atoms with E-state index in [0.717, 1.165) is 12.8 Å². The third-order valence-corrected chi connectivity index (χ3v) is 3.13. The number of nitrogens with two attached hydrogens (primary N) is 2. The second-order valence-electron chi connectivity index (χ2n) is 5.08. The molecule has 0 amide bonds. The van der Waals surface area contributed by atoms with E-state index in [1.165, 1.54) is 0 Å². The summed E-state index contributed by atoms with van der Waals surface area (Å²) in [5.41, 5.74) is 9.58. The highest BCUT2D eigenvalue weighted by molar-refractivity contribution is 5.88. The Morgan fingerprint density at radius 2 is 1.10 bits per heavy atom. The third kappa shape index (κ3) is 6.52. The Bertz CT molecular complexity index is 315. The summed E-state index contributed by atoms with van der Waals surface area (Å²) in [7, 11) is 0. The number of halogens is 2. The number of nitrogens with one attached hydrogen (secondary N) is 2. The maximum Gasteiger partial charge on any atom is 0.135 e. The molecular formula is C12H28Cl2N6. The van der Waals surface area contributed by atoms with Crippen molar-refractivity contribution in [2.45, 2.75) is 64.5 Å². The molecule has 0 saturated heterocycles. The molecule has 8 heteroatoms. The van der Waals surface area contributed by atoms with Crippen LogP contribution >= 0.6 is 24.8 Å². The summed E-state index contributed by atoms with van der Waals surface area (Å²) in [4.78, 5) is 0. The van der Waals surface area contributed by atoms with Gasteiger partial charge in [0.1, 0.15) is 22.7 Å². The van der Waals surface area contributed by atoms with Crippen LogP contribution in [0.5, 0.6) is 0 Å². The largest absolute Gasteiger partial charge is 0.386 e. The van der Waals surface area contributed by atoms with Gasteiger partial charge in [-0.05, 0) is 26.7 Å². The van der Waals surface area contributed by atoms with E-state index in [-0.39, 0.29) is 36.5 Å². The van der Waals surface area contributed by atoms with Crippen molar-refractivity contribution < 1.29 is 0 Å². The lowest BCUT2D eigenvalue weighted by Crippen LogP contribution is -2.42. The van der Waals surface area contributed by atoms with Gasteiger partial charge in [-0.2, -0.15) is 10.2 Å². The Hall–Kier alpha value is -0.880. The Labute approximate surface area is 134 Å². The maximum absolute atomic E-state index is 7.61. The lowest BCUT2D eigenvalue weighted by Gasteiger charge is -2.26. The first-order valence-corrected chi connectivity index (χ1v) is 6.35. The van der Waals surface area contributed by atoms with Gasteiger partial charge in [-0.3, -0.25) is 10.8 Å². The smallest absolute Gasteiger partial charge is 0.135 e. The number of nitrogens with zero attached hydrogens (tertiary/aromatic N) is 2. The zero-order chi connectivity index (χ0) is 14.4. The van der Waals surface area contributed by atoms with Gasteiger partial charge in [0.25, 0.3) is 0 Å². The van der Waals surface area contributed by atoms with Crippen LogP contribution in [0.4, 0.5) is 0 Å². The molecule has 0 radical (unpaired) electrons. The Morgan fingerprint density at radius 1 is 0.850 bits per heavy atom. The fraction of sp³-hybridized carbons (Fsp3) is 0.833. The average Bonchev–Trinajstić information content (AvgIpc) is 2.27. The molecule has 0 spiro atoms. The molecule has 0 aromatic heterocycles. The van der Waals surface area contributed by atoms with Crippen molar-refractivity contribution in [3.8, 4) is 0 Å². The van der Waals surface area contributed by atoms with E-state index in [2.05, 4.69) is 10.2 Å². The molecule has 20 heavy (non-hydrogen) atoms. The van der Waals surface area contributed by atoms with Crippen LogP contribution in [0.3, 0.4) is 0 Å².